The third-order valence-electron chi connectivity index (χ3n) is 0.790. The molecule has 0 aromatic carbocycles. The van der Waals surface area contributed by atoms with E-state index < -0.39 is 0 Å². The Hall–Kier alpha value is 0.154. The van der Waals surface area contributed by atoms with Gasteiger partial charge in [-0.25, -0.2) is 12.2 Å². The van der Waals surface area contributed by atoms with E-state index in [-0.39, 0.29) is 51.4 Å². The van der Waals surface area contributed by atoms with Crippen molar-refractivity contribution in [1.82, 2.24) is 0 Å². The quantitative estimate of drug-likeness (QED) is 0.496. The monoisotopic (exact) mass is 232 g/mol. The molecule has 2 heteroatoms. The second-order valence-corrected chi connectivity index (χ2v) is 1.50. The van der Waals surface area contributed by atoms with E-state index in [1.807, 2.05) is 12.2 Å². The van der Waals surface area contributed by atoms with E-state index in [0.717, 1.165) is 6.42 Å². The van der Waals surface area contributed by atoms with Crippen molar-refractivity contribution >= 4 is 0 Å². The molecule has 0 heterocycles. The van der Waals surface area contributed by atoms with Crippen molar-refractivity contribution in [3.63, 3.8) is 0 Å². The molecule has 0 N–H and O–H groups in total. The fourth-order valence-electron chi connectivity index (χ4n) is 0.340. The maximum atomic E-state index is 4.43. The first-order valence-corrected chi connectivity index (χ1v) is 2.91. The molecule has 88 valence electrons. The zero-order valence-electron chi connectivity index (χ0n) is 10.3. The fraction of sp³-hybridized carbons (Fsp3) is 0.250. The molecule has 0 radical (unpaired) electrons. The maximum Gasteiger partial charge on any atom is 0.0319 e. The number of rotatable bonds is 1. The summed E-state index contributed by atoms with van der Waals surface area (Å²) in [7, 11) is 1.62. The van der Waals surface area contributed by atoms with Crippen LogP contribution in [0.5, 0.6) is 0 Å². The number of allylic oxidation sites excluding steroid dienone is 4. The molecule has 0 unspecified atom stereocenters. The van der Waals surface area contributed by atoms with Gasteiger partial charge in [0.15, 0.2) is 0 Å². The summed E-state index contributed by atoms with van der Waals surface area (Å²) in [6, 6.07) is 0. The number of methoxy groups -OCH3 is 1. The van der Waals surface area contributed by atoms with Crippen molar-refractivity contribution in [1.29, 1.82) is 0 Å². The first-order chi connectivity index (χ1) is 4.41. The van der Waals surface area contributed by atoms with E-state index in [2.05, 4.69) is 23.8 Å². The molecule has 1 aliphatic rings. The molecular formula is C12H24OTi-6. The Morgan fingerprint density at radius 2 is 1.71 bits per heavy atom. The van der Waals surface area contributed by atoms with E-state index >= 15 is 0 Å². The zero-order chi connectivity index (χ0) is 6.95. The smallest absolute Gasteiger partial charge is 0.0319 e. The van der Waals surface area contributed by atoms with Crippen molar-refractivity contribution in [2.24, 2.45) is 0 Å². The Morgan fingerprint density at radius 3 is 1.79 bits per heavy atom. The van der Waals surface area contributed by atoms with Gasteiger partial charge in [0.25, 0.3) is 0 Å². The first kappa shape index (κ1) is 36.8. The van der Waals surface area contributed by atoms with E-state index in [9.17, 15) is 0 Å². The van der Waals surface area contributed by atoms with Crippen LogP contribution < -0.4 is 0 Å². The summed E-state index contributed by atoms with van der Waals surface area (Å²) >= 11 is 0. The maximum absolute atomic E-state index is 4.43. The molecule has 0 saturated heterocycles. The van der Waals surface area contributed by atoms with E-state index in [1.54, 1.807) is 7.11 Å². The minimum absolute atomic E-state index is 0. The third-order valence-corrected chi connectivity index (χ3v) is 0.790. The van der Waals surface area contributed by atoms with Crippen LogP contribution in [0.25, 0.3) is 0 Å². The van der Waals surface area contributed by atoms with Gasteiger partial charge in [0.1, 0.15) is 0 Å². The summed E-state index contributed by atoms with van der Waals surface area (Å²) in [5, 5.41) is 0. The Labute approximate surface area is 108 Å². The van der Waals surface area contributed by atoms with Gasteiger partial charge in [-0.1, -0.05) is 6.61 Å². The summed E-state index contributed by atoms with van der Waals surface area (Å²) in [6.45, 7) is 3.95. The van der Waals surface area contributed by atoms with Crippen LogP contribution in [0.4, 0.5) is 0 Å². The molecular weight excluding hydrogens is 208 g/mol. The summed E-state index contributed by atoms with van der Waals surface area (Å²) in [4.78, 5) is 0. The third kappa shape index (κ3) is 39.9. The van der Waals surface area contributed by atoms with Crippen molar-refractivity contribution in [2.75, 3.05) is 13.7 Å². The molecule has 14 heavy (non-hydrogen) atoms. The summed E-state index contributed by atoms with van der Waals surface area (Å²) in [6.07, 6.45) is 10.0. The molecule has 0 spiro atoms. The normalized spacial score (nSPS) is 8.43. The van der Waals surface area contributed by atoms with Crippen LogP contribution in [0.15, 0.2) is 18.2 Å². The Bertz CT molecular complexity index is 86.5. The summed E-state index contributed by atoms with van der Waals surface area (Å²) in [5.41, 5.74) is 0. The first-order valence-electron chi connectivity index (χ1n) is 2.91. The number of hydrogen-bond acceptors (Lipinski definition) is 1. The molecule has 0 fully saturated rings. The number of ether oxygens (including phenoxy) is 1. The van der Waals surface area contributed by atoms with Gasteiger partial charge in [-0.2, -0.15) is 6.08 Å². The van der Waals surface area contributed by atoms with Crippen molar-refractivity contribution < 1.29 is 26.5 Å². The molecule has 1 rings (SSSR count). The van der Waals surface area contributed by atoms with Crippen LogP contribution >= 0.6 is 0 Å². The van der Waals surface area contributed by atoms with Crippen LogP contribution in [0.3, 0.4) is 0 Å². The van der Waals surface area contributed by atoms with Crippen molar-refractivity contribution in [2.45, 2.75) is 6.42 Å². The van der Waals surface area contributed by atoms with Crippen LogP contribution in [0.2, 0.25) is 0 Å². The SMILES string of the molecule is [C-]1=CC=CC1.[CH2-]COC.[CH3-].[CH3-].[CH3-].[CH3-].[Ti]. The van der Waals surface area contributed by atoms with Gasteiger partial charge in [-0.15, -0.1) is 6.42 Å². The minimum Gasteiger partial charge on any atom is -0.417 e. The Morgan fingerprint density at radius 1 is 1.29 bits per heavy atom. The molecule has 0 saturated carbocycles. The van der Waals surface area contributed by atoms with Gasteiger partial charge in [-0.05, 0) is 0 Å². The van der Waals surface area contributed by atoms with E-state index in [0.29, 0.717) is 6.61 Å². The second-order valence-electron chi connectivity index (χ2n) is 1.50. The molecule has 1 nitrogen and oxygen atoms in total. The predicted octanol–water partition coefficient (Wildman–Crippen LogP) is 3.57. The topological polar surface area (TPSA) is 9.23 Å². The van der Waals surface area contributed by atoms with Gasteiger partial charge in [0.2, 0.25) is 0 Å². The predicted molar refractivity (Wildman–Crippen MR) is 64.5 cm³/mol. The largest absolute Gasteiger partial charge is 0.417 e. The van der Waals surface area contributed by atoms with Gasteiger partial charge < -0.3 is 41.4 Å². The van der Waals surface area contributed by atoms with Crippen LogP contribution in [-0.2, 0) is 26.5 Å². The van der Waals surface area contributed by atoms with Crippen LogP contribution in [0, 0.1) is 42.7 Å². The Balaban J connectivity index is -0.0000000171. The zero-order valence-corrected chi connectivity index (χ0v) is 11.8. The molecule has 0 aromatic rings. The van der Waals surface area contributed by atoms with Crippen LogP contribution in [0.1, 0.15) is 6.42 Å². The Kier molecular flexibility index (Phi) is 99.9. The van der Waals surface area contributed by atoms with Crippen LogP contribution in [-0.4, -0.2) is 13.7 Å². The minimum atomic E-state index is 0. The second kappa shape index (κ2) is 38.0. The molecule has 0 atom stereocenters. The molecule has 0 bridgehead atoms. The molecule has 1 aliphatic carbocycles. The van der Waals surface area contributed by atoms with E-state index in [4.69, 9.17) is 0 Å². The fourth-order valence-corrected chi connectivity index (χ4v) is 0.340. The average molecular weight is 232 g/mol. The molecule has 0 amide bonds. The van der Waals surface area contributed by atoms with Crippen molar-refractivity contribution in [3.05, 3.63) is 60.9 Å². The number of hydrogen-bond donors (Lipinski definition) is 0. The molecule has 0 aliphatic heterocycles. The standard InChI is InChI=1S/C5H5.C3H7O.4CH3.Ti/c1-2-4-5-3-1;1-3-4-2;;;;;/h1-3H,4H2;1,3H2,2H3;4*1H3;/q6*-1;. The summed E-state index contributed by atoms with van der Waals surface area (Å²) in [5.74, 6) is 0. The van der Waals surface area contributed by atoms with Gasteiger partial charge in [-0.3, -0.25) is 6.08 Å². The van der Waals surface area contributed by atoms with E-state index in [1.165, 1.54) is 0 Å². The van der Waals surface area contributed by atoms with Gasteiger partial charge >= 0.3 is 0 Å². The summed E-state index contributed by atoms with van der Waals surface area (Å²) < 4.78 is 4.43. The van der Waals surface area contributed by atoms with Gasteiger partial charge in [0.05, 0.1) is 0 Å². The van der Waals surface area contributed by atoms with Crippen molar-refractivity contribution in [3.8, 4) is 0 Å². The van der Waals surface area contributed by atoms with Gasteiger partial charge in [0, 0.05) is 28.8 Å². The molecule has 0 aromatic heterocycles. The average Bonchev–Trinajstić information content (AvgIpc) is 2.43.